The third kappa shape index (κ3) is 4.81. The maximum Gasteiger partial charge on any atom is 0.129 e. The molecule has 4 heteroatoms. The second-order valence-corrected chi connectivity index (χ2v) is 4.01. The fourth-order valence-electron chi connectivity index (χ4n) is 1.60. The predicted molar refractivity (Wildman–Crippen MR) is 76.2 cm³/mol. The van der Waals surface area contributed by atoms with E-state index in [1.54, 1.807) is 6.26 Å². The van der Waals surface area contributed by atoms with Crippen molar-refractivity contribution in [1.82, 2.24) is 0 Å². The van der Waals surface area contributed by atoms with Crippen LogP contribution in [0.1, 0.15) is 11.3 Å². The van der Waals surface area contributed by atoms with E-state index < -0.39 is 0 Å². The van der Waals surface area contributed by atoms with Crippen LogP contribution in [0.2, 0.25) is 0 Å². The molecule has 4 nitrogen and oxygen atoms in total. The Morgan fingerprint density at radius 2 is 2.10 bits per heavy atom. The van der Waals surface area contributed by atoms with Crippen LogP contribution in [0.15, 0.2) is 47.1 Å². The molecule has 1 heterocycles. The van der Waals surface area contributed by atoms with Crippen molar-refractivity contribution < 1.29 is 13.9 Å². The highest BCUT2D eigenvalue weighted by Crippen LogP contribution is 2.12. The van der Waals surface area contributed by atoms with E-state index in [0.29, 0.717) is 26.4 Å². The van der Waals surface area contributed by atoms with Gasteiger partial charge < -0.3 is 19.6 Å². The van der Waals surface area contributed by atoms with E-state index in [9.17, 15) is 0 Å². The predicted octanol–water partition coefficient (Wildman–Crippen LogP) is 2.19. The Morgan fingerprint density at radius 1 is 1.15 bits per heavy atom. The summed E-state index contributed by atoms with van der Waals surface area (Å²) in [5.74, 6) is 7.36. The van der Waals surface area contributed by atoms with Crippen LogP contribution < -0.4 is 10.5 Å². The Balaban J connectivity index is 1.71. The van der Waals surface area contributed by atoms with Gasteiger partial charge in [-0.2, -0.15) is 0 Å². The monoisotopic (exact) mass is 271 g/mol. The van der Waals surface area contributed by atoms with E-state index >= 15 is 0 Å². The molecule has 0 unspecified atom stereocenters. The van der Waals surface area contributed by atoms with Crippen molar-refractivity contribution in [3.05, 3.63) is 54.0 Å². The summed E-state index contributed by atoms with van der Waals surface area (Å²) in [6, 6.07) is 11.3. The largest absolute Gasteiger partial charge is 0.491 e. The zero-order valence-corrected chi connectivity index (χ0v) is 11.2. The standard InChI is InChI=1S/C16H17NO3/c17-8-2-5-14-4-1-6-15(12-14)20-11-10-18-13-16-7-3-9-19-16/h1,3-4,6-7,9,12H,8,10-11,13,17H2. The summed E-state index contributed by atoms with van der Waals surface area (Å²) in [7, 11) is 0. The maximum absolute atomic E-state index is 5.59. The normalized spacial score (nSPS) is 9.85. The Labute approximate surface area is 118 Å². The van der Waals surface area contributed by atoms with Crippen LogP contribution >= 0.6 is 0 Å². The van der Waals surface area contributed by atoms with Gasteiger partial charge in [-0.15, -0.1) is 0 Å². The molecule has 104 valence electrons. The van der Waals surface area contributed by atoms with Crippen molar-refractivity contribution in [3.8, 4) is 17.6 Å². The van der Waals surface area contributed by atoms with Crippen molar-refractivity contribution in [2.75, 3.05) is 19.8 Å². The van der Waals surface area contributed by atoms with Crippen LogP contribution in [-0.4, -0.2) is 19.8 Å². The number of ether oxygens (including phenoxy) is 2. The molecule has 0 aliphatic carbocycles. The topological polar surface area (TPSA) is 57.6 Å². The second kappa shape index (κ2) is 8.05. The van der Waals surface area contributed by atoms with Crippen LogP contribution in [0.3, 0.4) is 0 Å². The molecule has 0 radical (unpaired) electrons. The summed E-state index contributed by atoms with van der Waals surface area (Å²) in [4.78, 5) is 0. The average Bonchev–Trinajstić information content (AvgIpc) is 2.98. The Hall–Kier alpha value is -2.22. The molecular formula is C16H17NO3. The van der Waals surface area contributed by atoms with Crippen LogP contribution in [0.4, 0.5) is 0 Å². The summed E-state index contributed by atoms with van der Waals surface area (Å²) in [6.07, 6.45) is 1.63. The number of furan rings is 1. The van der Waals surface area contributed by atoms with Crippen molar-refractivity contribution in [3.63, 3.8) is 0 Å². The number of rotatable bonds is 6. The summed E-state index contributed by atoms with van der Waals surface area (Å²) < 4.78 is 16.2. The van der Waals surface area contributed by atoms with Crippen LogP contribution in [0.5, 0.6) is 5.75 Å². The van der Waals surface area contributed by atoms with E-state index in [4.69, 9.17) is 19.6 Å². The smallest absolute Gasteiger partial charge is 0.129 e. The Morgan fingerprint density at radius 3 is 2.90 bits per heavy atom. The summed E-state index contributed by atoms with van der Waals surface area (Å²) in [5, 5.41) is 0. The van der Waals surface area contributed by atoms with Crippen molar-refractivity contribution >= 4 is 0 Å². The molecule has 0 atom stereocenters. The molecular weight excluding hydrogens is 254 g/mol. The average molecular weight is 271 g/mol. The minimum atomic E-state index is 0.353. The van der Waals surface area contributed by atoms with Gasteiger partial charge in [0.25, 0.3) is 0 Å². The first kappa shape index (κ1) is 14.2. The molecule has 0 bridgehead atoms. The lowest BCUT2D eigenvalue weighted by atomic mass is 10.2. The van der Waals surface area contributed by atoms with E-state index in [-0.39, 0.29) is 0 Å². The van der Waals surface area contributed by atoms with Gasteiger partial charge in [-0.1, -0.05) is 17.9 Å². The first-order valence-electron chi connectivity index (χ1n) is 6.40. The Kier molecular flexibility index (Phi) is 5.71. The molecule has 0 saturated carbocycles. The zero-order chi connectivity index (χ0) is 14.0. The lowest BCUT2D eigenvalue weighted by Gasteiger charge is -2.06. The van der Waals surface area contributed by atoms with Crippen LogP contribution in [0, 0.1) is 11.8 Å². The Bertz CT molecular complexity index is 567. The number of hydrogen-bond donors (Lipinski definition) is 1. The highest BCUT2D eigenvalue weighted by atomic mass is 16.5. The molecule has 2 N–H and O–H groups in total. The minimum absolute atomic E-state index is 0.353. The van der Waals surface area contributed by atoms with Gasteiger partial charge in [-0.05, 0) is 30.3 Å². The number of nitrogens with two attached hydrogens (primary N) is 1. The fourth-order valence-corrected chi connectivity index (χ4v) is 1.60. The van der Waals surface area contributed by atoms with E-state index in [2.05, 4.69) is 11.8 Å². The number of hydrogen-bond acceptors (Lipinski definition) is 4. The van der Waals surface area contributed by atoms with Crippen molar-refractivity contribution in [1.29, 1.82) is 0 Å². The molecule has 0 spiro atoms. The van der Waals surface area contributed by atoms with Crippen molar-refractivity contribution in [2.24, 2.45) is 5.73 Å². The number of benzene rings is 1. The fraction of sp³-hybridized carbons (Fsp3) is 0.250. The molecule has 0 saturated heterocycles. The van der Waals surface area contributed by atoms with Gasteiger partial charge in [-0.25, -0.2) is 0 Å². The third-order valence-corrected chi connectivity index (χ3v) is 2.49. The van der Waals surface area contributed by atoms with E-state index in [0.717, 1.165) is 17.1 Å². The molecule has 2 rings (SSSR count). The second-order valence-electron chi connectivity index (χ2n) is 4.01. The van der Waals surface area contributed by atoms with Gasteiger partial charge in [0.2, 0.25) is 0 Å². The molecule has 0 fully saturated rings. The van der Waals surface area contributed by atoms with Gasteiger partial charge >= 0.3 is 0 Å². The van der Waals surface area contributed by atoms with Gasteiger partial charge in [-0.3, -0.25) is 0 Å². The first-order valence-corrected chi connectivity index (χ1v) is 6.40. The molecule has 1 aromatic heterocycles. The molecule has 1 aromatic carbocycles. The van der Waals surface area contributed by atoms with Gasteiger partial charge in [0, 0.05) is 5.56 Å². The van der Waals surface area contributed by atoms with Gasteiger partial charge in [0.1, 0.15) is 24.7 Å². The maximum atomic E-state index is 5.59. The highest BCUT2D eigenvalue weighted by molar-refractivity contribution is 5.39. The molecule has 20 heavy (non-hydrogen) atoms. The highest BCUT2D eigenvalue weighted by Gasteiger charge is 1.97. The van der Waals surface area contributed by atoms with Crippen LogP contribution in [-0.2, 0) is 11.3 Å². The zero-order valence-electron chi connectivity index (χ0n) is 11.2. The summed E-state index contributed by atoms with van der Waals surface area (Å²) >= 11 is 0. The summed E-state index contributed by atoms with van der Waals surface area (Å²) in [5.41, 5.74) is 6.23. The minimum Gasteiger partial charge on any atom is -0.491 e. The van der Waals surface area contributed by atoms with Crippen molar-refractivity contribution in [2.45, 2.75) is 6.61 Å². The first-order chi connectivity index (χ1) is 9.88. The lowest BCUT2D eigenvalue weighted by Crippen LogP contribution is -2.06. The van der Waals surface area contributed by atoms with Gasteiger partial charge in [0.05, 0.1) is 19.4 Å². The molecule has 0 aliphatic rings. The molecule has 0 aliphatic heterocycles. The molecule has 0 amide bonds. The third-order valence-electron chi connectivity index (χ3n) is 2.49. The van der Waals surface area contributed by atoms with E-state index in [1.165, 1.54) is 0 Å². The van der Waals surface area contributed by atoms with Crippen LogP contribution in [0.25, 0.3) is 0 Å². The van der Waals surface area contributed by atoms with Gasteiger partial charge in [0.15, 0.2) is 0 Å². The molecule has 2 aromatic rings. The quantitative estimate of drug-likeness (QED) is 0.646. The lowest BCUT2D eigenvalue weighted by molar-refractivity contribution is 0.0781. The van der Waals surface area contributed by atoms with E-state index in [1.807, 2.05) is 36.4 Å². The summed E-state index contributed by atoms with van der Waals surface area (Å²) in [6.45, 7) is 1.79. The SMILES string of the molecule is NCC#Cc1cccc(OCCOCc2ccco2)c1.